The molecule has 1 aliphatic rings. The van der Waals surface area contributed by atoms with E-state index in [4.69, 9.17) is 0 Å². The number of hydrogen-bond acceptors (Lipinski definition) is 10. The van der Waals surface area contributed by atoms with Crippen LogP contribution in [0, 0.1) is 18.1 Å². The SMILES string of the molecule is Cc1cc(=O)n(-c2ccc3c(c2)C(c2cccc[n+]2[O-])=NS3(=O)=O)c(=O)n1C.Cn1c(F)cc(=O)n(-c2ccc3snc(-c4ccccn4)c3c2)c1=O.FCF. The zero-order chi connectivity index (χ0) is 40.5. The fraction of sp³-hybridized carbons (Fsp3) is 0.111. The molecule has 0 N–H and O–H groups in total. The van der Waals surface area contributed by atoms with Gasteiger partial charge in [0.1, 0.15) is 5.69 Å². The summed E-state index contributed by atoms with van der Waals surface area (Å²) >= 11 is 1.31. The summed E-state index contributed by atoms with van der Waals surface area (Å²) in [4.78, 5) is 53.6. The van der Waals surface area contributed by atoms with Crippen molar-refractivity contribution in [2.24, 2.45) is 18.5 Å². The lowest BCUT2D eigenvalue weighted by Gasteiger charge is -2.11. The number of halogens is 3. The molecule has 7 aromatic rings. The lowest BCUT2D eigenvalue weighted by molar-refractivity contribution is -0.606. The van der Waals surface area contributed by atoms with Crippen LogP contribution in [0.2, 0.25) is 0 Å². The molecular formula is C36H27F3N8O7S2. The molecule has 20 heteroatoms. The Bertz CT molecular complexity index is 3050. The van der Waals surface area contributed by atoms with E-state index < -0.39 is 45.4 Å². The van der Waals surface area contributed by atoms with Crippen LogP contribution >= 0.6 is 11.5 Å². The van der Waals surface area contributed by atoms with Crippen molar-refractivity contribution in [3.63, 3.8) is 0 Å². The van der Waals surface area contributed by atoms with E-state index in [0.717, 1.165) is 29.9 Å². The third-order valence-corrected chi connectivity index (χ3v) is 10.6. The summed E-state index contributed by atoms with van der Waals surface area (Å²) in [6.45, 7) is -0.116. The van der Waals surface area contributed by atoms with E-state index in [1.54, 1.807) is 37.4 Å². The fourth-order valence-electron chi connectivity index (χ4n) is 5.64. The second-order valence-corrected chi connectivity index (χ2v) is 14.2. The molecule has 0 saturated carbocycles. The minimum Gasteiger partial charge on any atom is -0.618 e. The summed E-state index contributed by atoms with van der Waals surface area (Å²) in [6, 6.07) is 21.3. The largest absolute Gasteiger partial charge is 0.618 e. The van der Waals surface area contributed by atoms with Gasteiger partial charge in [0, 0.05) is 55.1 Å². The molecule has 2 aromatic carbocycles. The predicted octanol–water partition coefficient (Wildman–Crippen LogP) is 3.25. The van der Waals surface area contributed by atoms with Crippen LogP contribution < -0.4 is 27.2 Å². The first-order chi connectivity index (χ1) is 26.7. The Hall–Kier alpha value is -6.80. The molecule has 286 valence electrons. The Morgan fingerprint density at radius 3 is 2.14 bits per heavy atom. The van der Waals surface area contributed by atoms with Gasteiger partial charge in [-0.25, -0.2) is 27.5 Å². The molecule has 0 fully saturated rings. The van der Waals surface area contributed by atoms with Gasteiger partial charge in [0.05, 0.1) is 32.7 Å². The summed E-state index contributed by atoms with van der Waals surface area (Å²) in [7, 11) is -1.18. The molecule has 6 heterocycles. The molecular weight excluding hydrogens is 778 g/mol. The van der Waals surface area contributed by atoms with Gasteiger partial charge in [-0.1, -0.05) is 6.07 Å². The van der Waals surface area contributed by atoms with E-state index in [-0.39, 0.29) is 27.6 Å². The van der Waals surface area contributed by atoms with Gasteiger partial charge in [-0.05, 0) is 73.1 Å². The topological polar surface area (TPSA) is 187 Å². The van der Waals surface area contributed by atoms with Crippen LogP contribution in [0.25, 0.3) is 32.8 Å². The number of sulfonamides is 1. The second kappa shape index (κ2) is 15.5. The van der Waals surface area contributed by atoms with E-state index in [2.05, 4.69) is 13.8 Å². The van der Waals surface area contributed by atoms with Gasteiger partial charge >= 0.3 is 11.4 Å². The third-order valence-electron chi connectivity index (χ3n) is 8.47. The highest BCUT2D eigenvalue weighted by atomic mass is 32.2. The maximum absolute atomic E-state index is 13.6. The van der Waals surface area contributed by atoms with Crippen molar-refractivity contribution in [3.8, 4) is 22.8 Å². The Kier molecular flexibility index (Phi) is 10.8. The van der Waals surface area contributed by atoms with E-state index in [0.29, 0.717) is 27.5 Å². The molecule has 5 aromatic heterocycles. The number of fused-ring (bicyclic) bond motifs is 2. The van der Waals surface area contributed by atoms with Crippen molar-refractivity contribution >= 4 is 37.4 Å². The lowest BCUT2D eigenvalue weighted by atomic mass is 10.1. The van der Waals surface area contributed by atoms with Crippen LogP contribution in [-0.2, 0) is 24.1 Å². The Labute approximate surface area is 317 Å². The molecule has 0 amide bonds. The van der Waals surface area contributed by atoms with Crippen LogP contribution in [0.1, 0.15) is 17.0 Å². The fourth-order valence-corrected chi connectivity index (χ4v) is 7.61. The first-order valence-electron chi connectivity index (χ1n) is 16.1. The molecule has 56 heavy (non-hydrogen) atoms. The summed E-state index contributed by atoms with van der Waals surface area (Å²) in [5.74, 6) is -0.876. The van der Waals surface area contributed by atoms with Gasteiger partial charge in [0.15, 0.2) is 11.9 Å². The van der Waals surface area contributed by atoms with Crippen molar-refractivity contribution in [1.29, 1.82) is 0 Å². The van der Waals surface area contributed by atoms with Crippen LogP contribution in [0.15, 0.2) is 126 Å². The smallest absolute Gasteiger partial charge is 0.337 e. The number of aryl methyl sites for hydroxylation is 1. The molecule has 15 nitrogen and oxygen atoms in total. The van der Waals surface area contributed by atoms with Gasteiger partial charge in [-0.2, -0.15) is 26.3 Å². The van der Waals surface area contributed by atoms with Crippen LogP contribution in [0.5, 0.6) is 0 Å². The Morgan fingerprint density at radius 2 is 1.46 bits per heavy atom. The first kappa shape index (κ1) is 38.9. The number of rotatable bonds is 4. The van der Waals surface area contributed by atoms with Gasteiger partial charge in [0.25, 0.3) is 21.1 Å². The maximum Gasteiger partial charge on any atom is 0.337 e. The minimum atomic E-state index is -3.99. The molecule has 0 spiro atoms. The normalized spacial score (nSPS) is 12.6. The van der Waals surface area contributed by atoms with Crippen molar-refractivity contribution in [2.75, 3.05) is 6.93 Å². The average molecular weight is 805 g/mol. The monoisotopic (exact) mass is 804 g/mol. The van der Waals surface area contributed by atoms with Gasteiger partial charge in [-0.3, -0.25) is 19.1 Å². The molecule has 0 radical (unpaired) electrons. The summed E-state index contributed by atoms with van der Waals surface area (Å²) in [5, 5.41) is 12.9. The summed E-state index contributed by atoms with van der Waals surface area (Å²) < 4.78 is 71.1. The van der Waals surface area contributed by atoms with Gasteiger partial charge in [0.2, 0.25) is 18.6 Å². The number of aromatic nitrogens is 7. The average Bonchev–Trinajstić information content (AvgIpc) is 3.71. The van der Waals surface area contributed by atoms with Crippen molar-refractivity contribution in [3.05, 3.63) is 167 Å². The first-order valence-corrected chi connectivity index (χ1v) is 18.3. The molecule has 0 bridgehead atoms. The number of pyridine rings is 2. The summed E-state index contributed by atoms with van der Waals surface area (Å²) in [5.41, 5.74) is 0.000789. The summed E-state index contributed by atoms with van der Waals surface area (Å²) in [6.07, 6.45) is 2.90. The molecule has 0 aliphatic carbocycles. The highest BCUT2D eigenvalue weighted by Crippen LogP contribution is 2.31. The lowest BCUT2D eigenvalue weighted by Crippen LogP contribution is -2.38. The third kappa shape index (κ3) is 7.21. The highest BCUT2D eigenvalue weighted by molar-refractivity contribution is 7.90. The van der Waals surface area contributed by atoms with E-state index >= 15 is 0 Å². The minimum absolute atomic E-state index is 0.0376. The molecule has 0 saturated heterocycles. The predicted molar refractivity (Wildman–Crippen MR) is 201 cm³/mol. The number of benzene rings is 2. The standard InChI is InChI=1S/C18H14N4O5S.C17H11FN4O2S.CH2F2/c1-11-9-16(23)22(18(24)20(11)2)12-6-7-15-13(10-12)17(19-28(15,26)27)14-5-3-4-8-21(14)25;1-21-14(18)9-15(23)22(17(21)24)10-5-6-13-11(8-10)16(20-25-13)12-4-2-3-7-19-12;2-1-3/h3-10H,1-2H3;2-9H,1H3;1H2. The molecule has 8 rings (SSSR count). The van der Waals surface area contributed by atoms with Crippen LogP contribution in [-0.4, -0.2) is 48.7 Å². The molecule has 0 unspecified atom stereocenters. The van der Waals surface area contributed by atoms with Crippen molar-refractivity contribution in [1.82, 2.24) is 27.6 Å². The Morgan fingerprint density at radius 1 is 0.821 bits per heavy atom. The van der Waals surface area contributed by atoms with E-state index in [1.165, 1.54) is 72.8 Å². The maximum atomic E-state index is 13.6. The zero-order valence-corrected chi connectivity index (χ0v) is 31.0. The highest BCUT2D eigenvalue weighted by Gasteiger charge is 2.33. The van der Waals surface area contributed by atoms with Gasteiger partial charge in [-0.15, -0.1) is 0 Å². The van der Waals surface area contributed by atoms with Gasteiger partial charge < -0.3 is 9.77 Å². The van der Waals surface area contributed by atoms with Crippen molar-refractivity contribution < 1.29 is 26.3 Å². The second-order valence-electron chi connectivity index (χ2n) is 11.8. The van der Waals surface area contributed by atoms with Crippen LogP contribution in [0.4, 0.5) is 13.2 Å². The molecule has 1 aliphatic heterocycles. The quantitative estimate of drug-likeness (QED) is 0.146. The molecule has 0 atom stereocenters. The number of hydrogen-bond donors (Lipinski definition) is 0. The van der Waals surface area contributed by atoms with Crippen molar-refractivity contribution in [2.45, 2.75) is 11.8 Å². The number of nitrogens with zero attached hydrogens (tertiary/aromatic N) is 8. The Balaban J connectivity index is 0.000000178. The number of alkyl halides is 2. The van der Waals surface area contributed by atoms with E-state index in [1.807, 2.05) is 18.2 Å². The zero-order valence-electron chi connectivity index (χ0n) is 29.3. The van der Waals surface area contributed by atoms with Crippen LogP contribution in [0.3, 0.4) is 0 Å². The van der Waals surface area contributed by atoms with E-state index in [9.17, 15) is 46.0 Å².